The third-order valence-corrected chi connectivity index (χ3v) is 7.12. The van der Waals surface area contributed by atoms with E-state index in [1.54, 1.807) is 17.9 Å². The number of amides is 2. The number of hydrogen-bond donors (Lipinski definition) is 2. The molecule has 3 heterocycles. The number of anilines is 1. The van der Waals surface area contributed by atoms with E-state index in [2.05, 4.69) is 20.8 Å². The second kappa shape index (κ2) is 9.82. The first-order valence-corrected chi connectivity index (χ1v) is 12.2. The van der Waals surface area contributed by atoms with Gasteiger partial charge in [0.25, 0.3) is 5.91 Å². The topological polar surface area (TPSA) is 131 Å². The van der Waals surface area contributed by atoms with Crippen LogP contribution in [0.1, 0.15) is 44.1 Å². The van der Waals surface area contributed by atoms with Gasteiger partial charge >= 0.3 is 0 Å². The van der Waals surface area contributed by atoms with E-state index in [9.17, 15) is 18.0 Å². The van der Waals surface area contributed by atoms with E-state index in [1.165, 1.54) is 21.4 Å². The third-order valence-electron chi connectivity index (χ3n) is 5.30. The lowest BCUT2D eigenvalue weighted by Crippen LogP contribution is -2.43. The van der Waals surface area contributed by atoms with Crippen LogP contribution in [-0.2, 0) is 28.4 Å². The van der Waals surface area contributed by atoms with E-state index in [0.717, 1.165) is 0 Å². The number of sulfonamides is 1. The molecule has 1 aliphatic heterocycles. The molecule has 0 radical (unpaired) electrons. The lowest BCUT2D eigenvalue weighted by molar-refractivity contribution is -0.120. The van der Waals surface area contributed by atoms with Crippen molar-refractivity contribution < 1.29 is 18.0 Å². The number of carbonyl (C=O) groups excluding carboxylic acids is 2. The first-order chi connectivity index (χ1) is 15.1. The fourth-order valence-corrected chi connectivity index (χ4v) is 5.02. The zero-order valence-electron chi connectivity index (χ0n) is 18.9. The van der Waals surface area contributed by atoms with Crippen molar-refractivity contribution in [1.29, 1.82) is 0 Å². The van der Waals surface area contributed by atoms with Crippen LogP contribution >= 0.6 is 0 Å². The lowest BCUT2D eigenvalue weighted by Gasteiger charge is -2.30. The van der Waals surface area contributed by atoms with Gasteiger partial charge in [-0.25, -0.2) is 8.42 Å². The maximum Gasteiger partial charge on any atom is 0.273 e. The van der Waals surface area contributed by atoms with Crippen molar-refractivity contribution in [2.75, 3.05) is 25.0 Å². The minimum atomic E-state index is -3.73. The van der Waals surface area contributed by atoms with Crippen LogP contribution in [0.3, 0.4) is 0 Å². The minimum Gasteiger partial charge on any atom is -0.350 e. The van der Waals surface area contributed by atoms with Gasteiger partial charge in [-0.05, 0) is 25.7 Å². The molecule has 176 valence electrons. The Bertz CT molecular complexity index is 1070. The highest BCUT2D eigenvalue weighted by Crippen LogP contribution is 2.25. The summed E-state index contributed by atoms with van der Waals surface area (Å²) in [5.74, 6) is -0.942. The van der Waals surface area contributed by atoms with Gasteiger partial charge in [0.1, 0.15) is 4.90 Å². The third kappa shape index (κ3) is 5.36. The van der Waals surface area contributed by atoms with Crippen molar-refractivity contribution in [3.05, 3.63) is 24.3 Å². The van der Waals surface area contributed by atoms with E-state index in [4.69, 9.17) is 0 Å². The second-order valence-corrected chi connectivity index (χ2v) is 10.3. The summed E-state index contributed by atoms with van der Waals surface area (Å²) in [6.45, 7) is 7.31. The van der Waals surface area contributed by atoms with Gasteiger partial charge < -0.3 is 10.6 Å². The normalized spacial score (nSPS) is 17.5. The average molecular weight is 466 g/mol. The summed E-state index contributed by atoms with van der Waals surface area (Å²) in [5, 5.41) is 13.8. The number of aromatic nitrogens is 4. The Labute approximate surface area is 188 Å². The molecule has 0 saturated carbocycles. The van der Waals surface area contributed by atoms with Crippen LogP contribution in [0.15, 0.2) is 23.5 Å². The maximum atomic E-state index is 13.0. The Morgan fingerprint density at radius 3 is 2.66 bits per heavy atom. The zero-order valence-corrected chi connectivity index (χ0v) is 19.7. The molecule has 1 aliphatic rings. The van der Waals surface area contributed by atoms with Crippen molar-refractivity contribution in [2.24, 2.45) is 18.9 Å². The van der Waals surface area contributed by atoms with Crippen molar-refractivity contribution >= 4 is 27.5 Å². The van der Waals surface area contributed by atoms with Gasteiger partial charge in [0, 0.05) is 45.6 Å². The van der Waals surface area contributed by atoms with Gasteiger partial charge in [0.2, 0.25) is 15.9 Å². The van der Waals surface area contributed by atoms with Crippen LogP contribution in [0.4, 0.5) is 5.69 Å². The monoisotopic (exact) mass is 465 g/mol. The highest BCUT2D eigenvalue weighted by molar-refractivity contribution is 7.89. The molecular formula is C20H31N7O4S. The molecule has 2 aromatic heterocycles. The summed E-state index contributed by atoms with van der Waals surface area (Å²) in [5.41, 5.74) is 0.474. The quantitative estimate of drug-likeness (QED) is 0.599. The first-order valence-electron chi connectivity index (χ1n) is 10.8. The highest BCUT2D eigenvalue weighted by Gasteiger charge is 2.34. The van der Waals surface area contributed by atoms with E-state index < -0.39 is 15.9 Å². The van der Waals surface area contributed by atoms with Crippen molar-refractivity contribution in [1.82, 2.24) is 29.2 Å². The van der Waals surface area contributed by atoms with Crippen LogP contribution in [0.25, 0.3) is 0 Å². The molecule has 0 aromatic carbocycles. The predicted octanol–water partition coefficient (Wildman–Crippen LogP) is 1.06. The summed E-state index contributed by atoms with van der Waals surface area (Å²) >= 11 is 0. The number of nitrogens with zero attached hydrogens (tertiary/aromatic N) is 5. The Morgan fingerprint density at radius 1 is 1.28 bits per heavy atom. The molecule has 2 amide bonds. The molecular weight excluding hydrogens is 434 g/mol. The van der Waals surface area contributed by atoms with Crippen LogP contribution in [-0.4, -0.2) is 63.7 Å². The molecule has 1 saturated heterocycles. The molecule has 0 unspecified atom stereocenters. The van der Waals surface area contributed by atoms with Gasteiger partial charge in [-0.15, -0.1) is 0 Å². The van der Waals surface area contributed by atoms with Crippen LogP contribution < -0.4 is 10.6 Å². The van der Waals surface area contributed by atoms with E-state index >= 15 is 0 Å². The Hall–Kier alpha value is -2.73. The number of hydrogen-bond acceptors (Lipinski definition) is 6. The van der Waals surface area contributed by atoms with Gasteiger partial charge in [0.15, 0.2) is 5.69 Å². The van der Waals surface area contributed by atoms with Gasteiger partial charge in [-0.2, -0.15) is 14.5 Å². The number of aryl methyl sites for hydroxylation is 2. The Balaban J connectivity index is 1.73. The first kappa shape index (κ1) is 23.9. The molecule has 2 N–H and O–H groups in total. The Morgan fingerprint density at radius 2 is 2.03 bits per heavy atom. The zero-order chi connectivity index (χ0) is 23.5. The summed E-state index contributed by atoms with van der Waals surface area (Å²) in [4.78, 5) is 25.7. The van der Waals surface area contributed by atoms with Crippen LogP contribution in [0.5, 0.6) is 0 Å². The van der Waals surface area contributed by atoms with Gasteiger partial charge in [-0.1, -0.05) is 13.8 Å². The van der Waals surface area contributed by atoms with E-state index in [0.29, 0.717) is 38.2 Å². The minimum absolute atomic E-state index is 0.0693. The molecule has 11 nitrogen and oxygen atoms in total. The largest absolute Gasteiger partial charge is 0.350 e. The highest BCUT2D eigenvalue weighted by atomic mass is 32.2. The summed E-state index contributed by atoms with van der Waals surface area (Å²) in [6.07, 6.45) is 5.49. The van der Waals surface area contributed by atoms with E-state index in [-0.39, 0.29) is 34.9 Å². The Kier molecular flexibility index (Phi) is 7.34. The number of piperidine rings is 1. The molecule has 0 bridgehead atoms. The van der Waals surface area contributed by atoms with Crippen molar-refractivity contribution in [3.63, 3.8) is 0 Å². The van der Waals surface area contributed by atoms with Gasteiger partial charge in [0.05, 0.1) is 17.8 Å². The standard InChI is InChI=1S/C20H31N7O4S/c1-5-26-13-17(18(24-26)20(29)21-9-14(2)3)23-19(28)15-7-6-8-27(11-15)32(30,31)16-10-22-25(4)12-16/h10,12-15H,5-9,11H2,1-4H3,(H,21,29)(H,23,28)/t15-/m0/s1. The molecule has 32 heavy (non-hydrogen) atoms. The van der Waals surface area contributed by atoms with Crippen LogP contribution in [0, 0.1) is 11.8 Å². The predicted molar refractivity (Wildman–Crippen MR) is 118 cm³/mol. The molecule has 0 spiro atoms. The van der Waals surface area contributed by atoms with Crippen molar-refractivity contribution in [2.45, 2.75) is 45.1 Å². The number of rotatable bonds is 8. The molecule has 1 atom stereocenters. The molecule has 1 fully saturated rings. The molecule has 3 rings (SSSR count). The summed E-state index contributed by atoms with van der Waals surface area (Å²) < 4.78 is 30.2. The molecule has 12 heteroatoms. The number of nitrogens with one attached hydrogen (secondary N) is 2. The molecule has 0 aliphatic carbocycles. The average Bonchev–Trinajstić information content (AvgIpc) is 3.38. The van der Waals surface area contributed by atoms with E-state index in [1.807, 2.05) is 20.8 Å². The maximum absolute atomic E-state index is 13.0. The fourth-order valence-electron chi connectivity index (χ4n) is 3.51. The van der Waals surface area contributed by atoms with Gasteiger partial charge in [-0.3, -0.25) is 19.0 Å². The van der Waals surface area contributed by atoms with Crippen molar-refractivity contribution in [3.8, 4) is 0 Å². The lowest BCUT2D eigenvalue weighted by atomic mass is 9.99. The second-order valence-electron chi connectivity index (χ2n) is 8.39. The summed E-state index contributed by atoms with van der Waals surface area (Å²) in [6, 6.07) is 0. The molecule has 2 aromatic rings. The summed E-state index contributed by atoms with van der Waals surface area (Å²) in [7, 11) is -2.08. The SMILES string of the molecule is CCn1cc(NC(=O)[C@H]2CCCN(S(=O)(=O)c3cnn(C)c3)C2)c(C(=O)NCC(C)C)n1. The number of carbonyl (C=O) groups is 2. The van der Waals surface area contributed by atoms with Crippen LogP contribution in [0.2, 0.25) is 0 Å². The smallest absolute Gasteiger partial charge is 0.273 e. The fraction of sp³-hybridized carbons (Fsp3) is 0.600.